The molecule has 6 heterocycles. The molecule has 0 saturated carbocycles. The number of nitrogens with zero attached hydrogens (tertiary/aromatic N) is 6. The van der Waals surface area contributed by atoms with E-state index in [9.17, 15) is 14.4 Å². The Balaban J connectivity index is 1.29. The second kappa shape index (κ2) is 10.2. The van der Waals surface area contributed by atoms with E-state index < -0.39 is 23.2 Å². The van der Waals surface area contributed by atoms with Crippen molar-refractivity contribution in [3.8, 4) is 6.01 Å². The summed E-state index contributed by atoms with van der Waals surface area (Å²) in [5.41, 5.74) is -0.558. The fourth-order valence-corrected chi connectivity index (χ4v) is 7.27. The fourth-order valence-electron chi connectivity index (χ4n) is 7.27. The Labute approximate surface area is 247 Å². The highest BCUT2D eigenvalue weighted by Crippen LogP contribution is 2.41. The molecule has 2 unspecified atom stereocenters. The van der Waals surface area contributed by atoms with Gasteiger partial charge in [0.1, 0.15) is 29.2 Å². The summed E-state index contributed by atoms with van der Waals surface area (Å²) < 4.78 is 17.6. The van der Waals surface area contributed by atoms with Gasteiger partial charge in [-0.3, -0.25) is 14.6 Å². The SMILES string of the molecule is CC(C)(C)OC(=O)N1Cc2nc(OCC34CCCN3CCC4)nc(N3CC4CCC(C3)N4C(=O)OC(C)(C)C)c2C1=O. The molecule has 0 spiro atoms. The minimum Gasteiger partial charge on any atom is -0.461 e. The van der Waals surface area contributed by atoms with E-state index >= 15 is 0 Å². The van der Waals surface area contributed by atoms with Crippen LogP contribution < -0.4 is 9.64 Å². The molecule has 230 valence electrons. The van der Waals surface area contributed by atoms with E-state index in [1.54, 1.807) is 20.8 Å². The van der Waals surface area contributed by atoms with E-state index in [2.05, 4.69) is 14.8 Å². The van der Waals surface area contributed by atoms with Gasteiger partial charge in [-0.25, -0.2) is 14.5 Å². The summed E-state index contributed by atoms with van der Waals surface area (Å²) >= 11 is 0. The third kappa shape index (κ3) is 5.38. The van der Waals surface area contributed by atoms with Crippen molar-refractivity contribution in [1.82, 2.24) is 24.7 Å². The van der Waals surface area contributed by atoms with Crippen molar-refractivity contribution in [1.29, 1.82) is 0 Å². The van der Waals surface area contributed by atoms with Crippen molar-refractivity contribution in [2.45, 2.75) is 115 Å². The number of anilines is 1. The minimum atomic E-state index is -0.750. The fraction of sp³-hybridized carbons (Fsp3) is 0.767. The summed E-state index contributed by atoms with van der Waals surface area (Å²) in [4.78, 5) is 56.8. The molecule has 12 heteroatoms. The molecular formula is C30H44N6O6. The Kier molecular flexibility index (Phi) is 7.06. The molecule has 3 amide bonds. The third-order valence-corrected chi connectivity index (χ3v) is 8.99. The average Bonchev–Trinajstić information content (AvgIpc) is 3.61. The average molecular weight is 585 g/mol. The van der Waals surface area contributed by atoms with Crippen LogP contribution in [0.2, 0.25) is 0 Å². The Hall–Kier alpha value is -3.15. The molecule has 0 radical (unpaired) electrons. The van der Waals surface area contributed by atoms with Crippen LogP contribution in [-0.2, 0) is 16.0 Å². The van der Waals surface area contributed by atoms with Crippen LogP contribution in [0.25, 0.3) is 0 Å². The molecule has 4 saturated heterocycles. The van der Waals surface area contributed by atoms with Gasteiger partial charge in [0.05, 0.1) is 29.9 Å². The van der Waals surface area contributed by atoms with Crippen molar-refractivity contribution in [3.63, 3.8) is 0 Å². The second-order valence-corrected chi connectivity index (χ2v) is 14.4. The lowest BCUT2D eigenvalue weighted by Crippen LogP contribution is -2.57. The number of piperazine rings is 1. The van der Waals surface area contributed by atoms with Crippen molar-refractivity contribution >= 4 is 23.9 Å². The van der Waals surface area contributed by atoms with E-state index in [4.69, 9.17) is 19.2 Å². The van der Waals surface area contributed by atoms with Crippen molar-refractivity contribution in [2.75, 3.05) is 37.7 Å². The van der Waals surface area contributed by atoms with Gasteiger partial charge in [-0.2, -0.15) is 9.97 Å². The minimum absolute atomic E-state index is 0.00302. The lowest BCUT2D eigenvalue weighted by atomic mass is 9.95. The zero-order valence-electron chi connectivity index (χ0n) is 25.8. The highest BCUT2D eigenvalue weighted by Gasteiger charge is 2.48. The number of hydrogen-bond acceptors (Lipinski definition) is 10. The van der Waals surface area contributed by atoms with Crippen LogP contribution in [0, 0.1) is 0 Å². The first-order valence-electron chi connectivity index (χ1n) is 15.3. The van der Waals surface area contributed by atoms with Gasteiger partial charge in [-0.1, -0.05) is 0 Å². The molecule has 2 bridgehead atoms. The molecule has 6 rings (SSSR count). The number of carbonyl (C=O) groups is 3. The Bertz CT molecular complexity index is 1250. The van der Waals surface area contributed by atoms with E-state index in [-0.39, 0.29) is 36.3 Å². The molecule has 4 fully saturated rings. The number of aromatic nitrogens is 2. The van der Waals surface area contributed by atoms with Crippen LogP contribution in [0.3, 0.4) is 0 Å². The lowest BCUT2D eigenvalue weighted by molar-refractivity contribution is 0.0120. The molecule has 0 aliphatic carbocycles. The number of fused-ring (bicyclic) bond motifs is 4. The smallest absolute Gasteiger partial charge is 0.417 e. The van der Waals surface area contributed by atoms with Crippen LogP contribution in [0.1, 0.15) is 96.1 Å². The summed E-state index contributed by atoms with van der Waals surface area (Å²) in [5.74, 6) is -0.0157. The van der Waals surface area contributed by atoms with E-state index in [0.717, 1.165) is 56.5 Å². The number of ether oxygens (including phenoxy) is 3. The number of amides is 3. The topological polar surface area (TPSA) is 118 Å². The van der Waals surface area contributed by atoms with Gasteiger partial charge in [0.15, 0.2) is 0 Å². The van der Waals surface area contributed by atoms with Gasteiger partial charge in [-0.15, -0.1) is 0 Å². The van der Waals surface area contributed by atoms with Crippen LogP contribution in [0.5, 0.6) is 6.01 Å². The molecule has 1 aromatic rings. The second-order valence-electron chi connectivity index (χ2n) is 14.4. The quantitative estimate of drug-likeness (QED) is 0.515. The largest absolute Gasteiger partial charge is 0.461 e. The molecule has 1 aromatic heterocycles. The third-order valence-electron chi connectivity index (χ3n) is 8.99. The van der Waals surface area contributed by atoms with E-state index in [1.807, 2.05) is 25.7 Å². The number of rotatable bonds is 4. The summed E-state index contributed by atoms with van der Waals surface area (Å²) in [6.07, 6.45) is 5.15. The summed E-state index contributed by atoms with van der Waals surface area (Å²) in [7, 11) is 0. The highest BCUT2D eigenvalue weighted by atomic mass is 16.6. The number of imide groups is 1. The summed E-state index contributed by atoms with van der Waals surface area (Å²) in [6, 6.07) is 0.0746. The van der Waals surface area contributed by atoms with Crippen LogP contribution in [-0.4, -0.2) is 104 Å². The maximum absolute atomic E-state index is 13.7. The maximum atomic E-state index is 13.7. The molecule has 2 atom stereocenters. The molecule has 5 aliphatic rings. The van der Waals surface area contributed by atoms with Crippen molar-refractivity contribution in [3.05, 3.63) is 11.3 Å². The zero-order valence-corrected chi connectivity index (χ0v) is 25.8. The molecule has 5 aliphatic heterocycles. The van der Waals surface area contributed by atoms with E-state index in [0.29, 0.717) is 36.8 Å². The highest BCUT2D eigenvalue weighted by molar-refractivity contribution is 6.09. The first kappa shape index (κ1) is 28.9. The van der Waals surface area contributed by atoms with Gasteiger partial charge >= 0.3 is 18.2 Å². The predicted molar refractivity (Wildman–Crippen MR) is 154 cm³/mol. The van der Waals surface area contributed by atoms with Crippen LogP contribution >= 0.6 is 0 Å². The van der Waals surface area contributed by atoms with Gasteiger partial charge in [0, 0.05) is 13.1 Å². The first-order valence-corrected chi connectivity index (χ1v) is 15.3. The Morgan fingerprint density at radius 3 is 2.10 bits per heavy atom. The van der Waals surface area contributed by atoms with Gasteiger partial charge in [-0.05, 0) is 93.2 Å². The molecule has 0 aromatic carbocycles. The zero-order chi connectivity index (χ0) is 30.0. The van der Waals surface area contributed by atoms with Gasteiger partial charge < -0.3 is 19.1 Å². The normalized spacial score (nSPS) is 25.1. The Morgan fingerprint density at radius 2 is 1.50 bits per heavy atom. The number of hydrogen-bond donors (Lipinski definition) is 0. The first-order chi connectivity index (χ1) is 19.7. The molecule has 0 N–H and O–H groups in total. The standard InChI is InChI=1S/C30H44N6O6/c1-28(2,3)41-26(38)35-17-21-22(24(35)37)23(32-25(31-21)40-18-30-11-7-13-34(30)14-8-12-30)33-15-19-9-10-20(16-33)36(19)27(39)42-29(4,5)6/h19-20H,7-18H2,1-6H3. The molecule has 12 nitrogen and oxygen atoms in total. The van der Waals surface area contributed by atoms with Gasteiger partial charge in [0.2, 0.25) is 0 Å². The molecule has 42 heavy (non-hydrogen) atoms. The van der Waals surface area contributed by atoms with Crippen molar-refractivity contribution in [2.24, 2.45) is 0 Å². The predicted octanol–water partition coefficient (Wildman–Crippen LogP) is 3.96. The molecular weight excluding hydrogens is 540 g/mol. The lowest BCUT2D eigenvalue weighted by Gasteiger charge is -2.42. The van der Waals surface area contributed by atoms with Crippen LogP contribution in [0.4, 0.5) is 15.4 Å². The summed E-state index contributed by atoms with van der Waals surface area (Å²) in [5, 5.41) is 0. The summed E-state index contributed by atoms with van der Waals surface area (Å²) in [6.45, 7) is 14.6. The number of carbonyl (C=O) groups excluding carboxylic acids is 3. The maximum Gasteiger partial charge on any atom is 0.417 e. The van der Waals surface area contributed by atoms with Crippen molar-refractivity contribution < 1.29 is 28.6 Å². The van der Waals surface area contributed by atoms with Crippen LogP contribution in [0.15, 0.2) is 0 Å². The van der Waals surface area contributed by atoms with E-state index in [1.165, 1.54) is 0 Å². The Morgan fingerprint density at radius 1 is 0.905 bits per heavy atom. The van der Waals surface area contributed by atoms with Gasteiger partial charge in [0.25, 0.3) is 5.91 Å². The monoisotopic (exact) mass is 584 g/mol.